The normalized spacial score (nSPS) is 10.2. The third-order valence-electron chi connectivity index (χ3n) is 4.33. The SMILES string of the molecule is Cl.N#Cc1ccc(Cc2cnc(C(=O)Cc3cc(-c4ccccc4)no3)[nH]2)cc1. The first-order chi connectivity index (χ1) is 13.7. The van der Waals surface area contributed by atoms with Crippen molar-refractivity contribution < 1.29 is 9.32 Å². The van der Waals surface area contributed by atoms with Crippen molar-refractivity contribution in [1.29, 1.82) is 5.26 Å². The second kappa shape index (κ2) is 9.00. The van der Waals surface area contributed by atoms with E-state index in [1.807, 2.05) is 42.5 Å². The van der Waals surface area contributed by atoms with Crippen LogP contribution in [0, 0.1) is 11.3 Å². The largest absolute Gasteiger partial charge is 0.360 e. The molecule has 0 unspecified atom stereocenters. The number of nitrogens with zero attached hydrogens (tertiary/aromatic N) is 3. The summed E-state index contributed by atoms with van der Waals surface area (Å²) in [5, 5.41) is 12.9. The van der Waals surface area contributed by atoms with E-state index in [0.29, 0.717) is 29.3 Å². The number of halogens is 1. The zero-order valence-electron chi connectivity index (χ0n) is 15.3. The highest BCUT2D eigenvalue weighted by Gasteiger charge is 2.15. The van der Waals surface area contributed by atoms with Crippen molar-refractivity contribution in [3.8, 4) is 17.3 Å². The molecule has 0 fully saturated rings. The summed E-state index contributed by atoms with van der Waals surface area (Å²) in [4.78, 5) is 19.7. The lowest BCUT2D eigenvalue weighted by Crippen LogP contribution is -2.05. The predicted molar refractivity (Wildman–Crippen MR) is 110 cm³/mol. The smallest absolute Gasteiger partial charge is 0.205 e. The molecule has 0 saturated heterocycles. The molecule has 2 aromatic heterocycles. The number of carbonyl (C=O) groups excluding carboxylic acids is 1. The Kier molecular flexibility index (Phi) is 6.22. The molecule has 0 bridgehead atoms. The molecule has 4 rings (SSSR count). The van der Waals surface area contributed by atoms with Crippen LogP contribution in [0.3, 0.4) is 0 Å². The van der Waals surface area contributed by atoms with E-state index in [0.717, 1.165) is 16.8 Å². The predicted octanol–water partition coefficient (Wildman–Crippen LogP) is 4.37. The van der Waals surface area contributed by atoms with Crippen LogP contribution in [-0.2, 0) is 12.8 Å². The molecule has 0 aliphatic heterocycles. The number of benzene rings is 2. The van der Waals surface area contributed by atoms with Crippen LogP contribution in [-0.4, -0.2) is 20.9 Å². The van der Waals surface area contributed by atoms with Gasteiger partial charge in [-0.25, -0.2) is 4.98 Å². The molecule has 6 nitrogen and oxygen atoms in total. The summed E-state index contributed by atoms with van der Waals surface area (Å²) in [7, 11) is 0. The Morgan fingerprint density at radius 3 is 2.59 bits per heavy atom. The van der Waals surface area contributed by atoms with E-state index in [2.05, 4.69) is 21.2 Å². The summed E-state index contributed by atoms with van der Waals surface area (Å²) in [5.41, 5.74) is 4.11. The molecule has 0 saturated carbocycles. The number of ketones is 1. The Hall–Kier alpha value is -3.69. The van der Waals surface area contributed by atoms with Crippen LogP contribution in [0.1, 0.15) is 33.2 Å². The van der Waals surface area contributed by atoms with E-state index >= 15 is 0 Å². The summed E-state index contributed by atoms with van der Waals surface area (Å²) in [6.45, 7) is 0. The number of H-pyrrole nitrogens is 1. The quantitative estimate of drug-likeness (QED) is 0.481. The maximum atomic E-state index is 12.5. The molecule has 0 spiro atoms. The monoisotopic (exact) mass is 404 g/mol. The van der Waals surface area contributed by atoms with E-state index in [4.69, 9.17) is 9.78 Å². The first-order valence-electron chi connectivity index (χ1n) is 8.78. The summed E-state index contributed by atoms with van der Waals surface area (Å²) >= 11 is 0. The topological polar surface area (TPSA) is 95.6 Å². The number of imidazole rings is 1. The van der Waals surface area contributed by atoms with Gasteiger partial charge in [-0.05, 0) is 17.7 Å². The van der Waals surface area contributed by atoms with Gasteiger partial charge in [0.1, 0.15) is 11.5 Å². The van der Waals surface area contributed by atoms with Crippen LogP contribution in [0.15, 0.2) is 71.4 Å². The van der Waals surface area contributed by atoms with Crippen molar-refractivity contribution in [3.05, 3.63) is 95.3 Å². The van der Waals surface area contributed by atoms with Crippen molar-refractivity contribution >= 4 is 18.2 Å². The Labute approximate surface area is 173 Å². The highest BCUT2D eigenvalue weighted by atomic mass is 35.5. The molecule has 144 valence electrons. The van der Waals surface area contributed by atoms with Crippen molar-refractivity contribution in [1.82, 2.24) is 15.1 Å². The highest BCUT2D eigenvalue weighted by Crippen LogP contribution is 2.19. The zero-order valence-corrected chi connectivity index (χ0v) is 16.1. The minimum Gasteiger partial charge on any atom is -0.360 e. The Bertz CT molecular complexity index is 1140. The summed E-state index contributed by atoms with van der Waals surface area (Å²) < 4.78 is 5.30. The molecule has 7 heteroatoms. The second-order valence-corrected chi connectivity index (χ2v) is 6.39. The van der Waals surface area contributed by atoms with E-state index in [9.17, 15) is 4.79 Å². The lowest BCUT2D eigenvalue weighted by molar-refractivity contribution is 0.0975. The van der Waals surface area contributed by atoms with Crippen molar-refractivity contribution in [2.45, 2.75) is 12.8 Å². The first-order valence-corrected chi connectivity index (χ1v) is 8.78. The fraction of sp³-hybridized carbons (Fsp3) is 0.0909. The van der Waals surface area contributed by atoms with Crippen LogP contribution < -0.4 is 0 Å². The number of carbonyl (C=O) groups is 1. The third-order valence-corrected chi connectivity index (χ3v) is 4.33. The molecule has 0 atom stereocenters. The average Bonchev–Trinajstić information content (AvgIpc) is 3.39. The Balaban J connectivity index is 0.00000240. The number of aromatic amines is 1. The van der Waals surface area contributed by atoms with Gasteiger partial charge in [0.05, 0.1) is 18.1 Å². The van der Waals surface area contributed by atoms with Gasteiger partial charge in [-0.1, -0.05) is 47.6 Å². The van der Waals surface area contributed by atoms with E-state index in [1.54, 1.807) is 24.4 Å². The van der Waals surface area contributed by atoms with Crippen molar-refractivity contribution in [3.63, 3.8) is 0 Å². The van der Waals surface area contributed by atoms with E-state index in [-0.39, 0.29) is 24.6 Å². The standard InChI is InChI=1S/C22H16N4O2.ClH/c23-13-16-8-6-15(7-9-16)10-18-14-24-22(25-18)21(27)12-19-11-20(26-28-19)17-4-2-1-3-5-17;/h1-9,11,14H,10,12H2,(H,24,25);1H. The lowest BCUT2D eigenvalue weighted by Gasteiger charge is -1.99. The fourth-order valence-corrected chi connectivity index (χ4v) is 2.89. The van der Waals surface area contributed by atoms with Gasteiger partial charge < -0.3 is 9.51 Å². The third kappa shape index (κ3) is 4.78. The number of aromatic nitrogens is 3. The van der Waals surface area contributed by atoms with Crippen LogP contribution in [0.25, 0.3) is 11.3 Å². The molecule has 29 heavy (non-hydrogen) atoms. The molecule has 0 amide bonds. The van der Waals surface area contributed by atoms with E-state index < -0.39 is 0 Å². The van der Waals surface area contributed by atoms with Crippen LogP contribution in [0.2, 0.25) is 0 Å². The highest BCUT2D eigenvalue weighted by molar-refractivity contribution is 5.94. The second-order valence-electron chi connectivity index (χ2n) is 6.39. The van der Waals surface area contributed by atoms with Crippen LogP contribution >= 0.6 is 12.4 Å². The molecule has 4 aromatic rings. The molecule has 2 heterocycles. The average molecular weight is 405 g/mol. The number of hydrogen-bond donors (Lipinski definition) is 1. The number of hydrogen-bond acceptors (Lipinski definition) is 5. The zero-order chi connectivity index (χ0) is 19.3. The van der Waals surface area contributed by atoms with Gasteiger partial charge in [0.25, 0.3) is 0 Å². The minimum absolute atomic E-state index is 0. The number of rotatable bonds is 6. The summed E-state index contributed by atoms with van der Waals surface area (Å²) in [6, 6.07) is 20.8. The molecule has 2 aromatic carbocycles. The van der Waals surface area contributed by atoms with Crippen molar-refractivity contribution in [2.75, 3.05) is 0 Å². The number of Topliss-reactive ketones (excluding diaryl/α,β-unsaturated/α-hetero) is 1. The maximum absolute atomic E-state index is 12.5. The number of nitriles is 1. The van der Waals surface area contributed by atoms with Gasteiger partial charge in [0.15, 0.2) is 5.82 Å². The Morgan fingerprint density at radius 2 is 1.86 bits per heavy atom. The van der Waals surface area contributed by atoms with Gasteiger partial charge in [-0.3, -0.25) is 4.79 Å². The summed E-state index contributed by atoms with van der Waals surface area (Å²) in [6.07, 6.45) is 2.34. The number of nitrogens with one attached hydrogen (secondary N) is 1. The molecule has 0 radical (unpaired) electrons. The maximum Gasteiger partial charge on any atom is 0.205 e. The molecule has 0 aliphatic rings. The van der Waals surface area contributed by atoms with Crippen LogP contribution in [0.4, 0.5) is 0 Å². The van der Waals surface area contributed by atoms with Gasteiger partial charge in [0, 0.05) is 29.9 Å². The molecule has 0 aliphatic carbocycles. The molecular formula is C22H17ClN4O2. The van der Waals surface area contributed by atoms with Gasteiger partial charge in [0.2, 0.25) is 5.78 Å². The molecule has 1 N–H and O–H groups in total. The minimum atomic E-state index is -0.165. The van der Waals surface area contributed by atoms with Crippen molar-refractivity contribution in [2.24, 2.45) is 0 Å². The summed E-state index contributed by atoms with van der Waals surface area (Å²) in [5.74, 6) is 0.622. The van der Waals surface area contributed by atoms with Crippen LogP contribution in [0.5, 0.6) is 0 Å². The van der Waals surface area contributed by atoms with Gasteiger partial charge in [-0.2, -0.15) is 5.26 Å². The van der Waals surface area contributed by atoms with E-state index in [1.165, 1.54) is 0 Å². The first kappa shape index (κ1) is 20.1. The lowest BCUT2D eigenvalue weighted by atomic mass is 10.1. The molecular weight excluding hydrogens is 388 g/mol. The van der Waals surface area contributed by atoms with Gasteiger partial charge in [-0.15, -0.1) is 12.4 Å². The van der Waals surface area contributed by atoms with Gasteiger partial charge >= 0.3 is 0 Å². The Morgan fingerprint density at radius 1 is 1.10 bits per heavy atom. The fourth-order valence-electron chi connectivity index (χ4n) is 2.89.